The highest BCUT2D eigenvalue weighted by Crippen LogP contribution is 2.33. The number of carboxylic acids is 1. The number of carbonyl (C=O) groups is 2. The Labute approximate surface area is 155 Å². The first-order valence-electron chi connectivity index (χ1n) is 8.25. The summed E-state index contributed by atoms with van der Waals surface area (Å²) in [5.74, 6) is -2.55. The lowest BCUT2D eigenvalue weighted by molar-refractivity contribution is -0.131. The molecule has 0 aliphatic carbocycles. The molecule has 11 nitrogen and oxygen atoms in total. The van der Waals surface area contributed by atoms with Crippen LogP contribution in [0.4, 0.5) is 0 Å². The number of hydroxylamine groups is 1. The second-order valence-corrected chi connectivity index (χ2v) is 6.31. The maximum Gasteiger partial charge on any atom is 0.451 e. The average Bonchev–Trinajstić information content (AvgIpc) is 2.57. The molecule has 1 saturated heterocycles. The van der Waals surface area contributed by atoms with Gasteiger partial charge in [-0.15, -0.1) is 0 Å². The first kappa shape index (κ1) is 20.9. The maximum absolute atomic E-state index is 11.5. The second-order valence-electron chi connectivity index (χ2n) is 6.31. The van der Waals surface area contributed by atoms with Crippen molar-refractivity contribution >= 4 is 19.0 Å². The van der Waals surface area contributed by atoms with Crippen molar-refractivity contribution in [3.05, 3.63) is 23.3 Å². The Kier molecular flexibility index (Phi) is 6.99. The van der Waals surface area contributed by atoms with Gasteiger partial charge >= 0.3 is 13.1 Å². The summed E-state index contributed by atoms with van der Waals surface area (Å²) in [6.45, 7) is 0.987. The molecule has 1 heterocycles. The van der Waals surface area contributed by atoms with Crippen molar-refractivity contribution in [2.45, 2.75) is 24.9 Å². The molecule has 1 atom stereocenters. The van der Waals surface area contributed by atoms with E-state index in [4.69, 9.17) is 25.7 Å². The maximum atomic E-state index is 11.5. The van der Waals surface area contributed by atoms with Gasteiger partial charge in [-0.1, -0.05) is 6.07 Å². The molecular formula is C15H22BN3O8. The minimum absolute atomic E-state index is 0.00431. The van der Waals surface area contributed by atoms with Crippen LogP contribution in [0, 0.1) is 0 Å². The van der Waals surface area contributed by atoms with E-state index in [0.29, 0.717) is 13.1 Å². The van der Waals surface area contributed by atoms with Crippen LogP contribution in [0.1, 0.15) is 15.9 Å². The summed E-state index contributed by atoms with van der Waals surface area (Å²) in [4.78, 5) is 24.5. The third-order valence-corrected chi connectivity index (χ3v) is 4.23. The quantitative estimate of drug-likeness (QED) is 0.143. The van der Waals surface area contributed by atoms with E-state index in [9.17, 15) is 19.8 Å². The molecule has 2 rings (SSSR count). The summed E-state index contributed by atoms with van der Waals surface area (Å²) in [6.07, 6.45) is -0.310. The van der Waals surface area contributed by atoms with Gasteiger partial charge in [0.25, 0.3) is 5.91 Å². The second kappa shape index (κ2) is 9.02. The van der Waals surface area contributed by atoms with Crippen LogP contribution >= 0.6 is 0 Å². The summed E-state index contributed by atoms with van der Waals surface area (Å²) in [5.41, 5.74) is 6.93. The van der Waals surface area contributed by atoms with Crippen LogP contribution in [0.3, 0.4) is 0 Å². The van der Waals surface area contributed by atoms with Crippen LogP contribution in [0.25, 0.3) is 0 Å². The number of aryl methyl sites for hydroxylation is 1. The van der Waals surface area contributed by atoms with Gasteiger partial charge < -0.3 is 30.7 Å². The van der Waals surface area contributed by atoms with Crippen LogP contribution < -0.4 is 16.0 Å². The summed E-state index contributed by atoms with van der Waals surface area (Å²) < 4.78 is 5.63. The lowest BCUT2D eigenvalue weighted by Crippen LogP contribution is -2.59. The number of amides is 1. The number of hydrogen-bond acceptors (Lipinski definition) is 9. The molecule has 0 radical (unpaired) electrons. The van der Waals surface area contributed by atoms with Crippen molar-refractivity contribution in [1.29, 1.82) is 0 Å². The minimum Gasteiger partial charge on any atom is -0.507 e. The standard InChI is InChI=1S/C15H22BN3O8/c17-10(14(21)18-26)7-19-5-9(6-19)27-11-2-1-8(3-4-16(24)25)13(20)12(11)15(22)23/h1-2,9-10,20,24-26H,3-7,17H2,(H,18,21)(H,22,23)/t10-/m0/s1. The van der Waals surface area contributed by atoms with Crippen molar-refractivity contribution in [2.75, 3.05) is 19.6 Å². The number of phenols is 1. The van der Waals surface area contributed by atoms with Crippen molar-refractivity contribution in [2.24, 2.45) is 5.73 Å². The Morgan fingerprint density at radius 1 is 1.37 bits per heavy atom. The van der Waals surface area contributed by atoms with E-state index in [1.165, 1.54) is 17.6 Å². The highest BCUT2D eigenvalue weighted by Gasteiger charge is 2.32. The van der Waals surface area contributed by atoms with E-state index in [2.05, 4.69) is 0 Å². The van der Waals surface area contributed by atoms with Gasteiger partial charge in [-0.25, -0.2) is 10.3 Å². The fourth-order valence-electron chi connectivity index (χ4n) is 2.78. The monoisotopic (exact) mass is 383 g/mol. The number of nitrogens with zero attached hydrogens (tertiary/aromatic N) is 1. The zero-order chi connectivity index (χ0) is 20.1. The Balaban J connectivity index is 2.00. The van der Waals surface area contributed by atoms with E-state index >= 15 is 0 Å². The third kappa shape index (κ3) is 5.31. The van der Waals surface area contributed by atoms with Gasteiger partial charge in [0.1, 0.15) is 23.2 Å². The zero-order valence-corrected chi connectivity index (χ0v) is 14.4. The van der Waals surface area contributed by atoms with E-state index < -0.39 is 36.3 Å². The van der Waals surface area contributed by atoms with Crippen LogP contribution in [0.5, 0.6) is 11.5 Å². The predicted molar refractivity (Wildman–Crippen MR) is 92.5 cm³/mol. The molecule has 1 fully saturated rings. The smallest absolute Gasteiger partial charge is 0.451 e. The lowest BCUT2D eigenvalue weighted by atomic mass is 9.82. The Morgan fingerprint density at radius 2 is 2.04 bits per heavy atom. The average molecular weight is 383 g/mol. The fraction of sp³-hybridized carbons (Fsp3) is 0.467. The molecule has 0 spiro atoms. The first-order valence-corrected chi connectivity index (χ1v) is 8.25. The van der Waals surface area contributed by atoms with E-state index in [1.54, 1.807) is 4.90 Å². The van der Waals surface area contributed by atoms with E-state index in [1.807, 2.05) is 0 Å². The predicted octanol–water partition coefficient (Wildman–Crippen LogP) is -2.00. The number of aromatic carboxylic acids is 1. The molecule has 1 aliphatic heterocycles. The SMILES string of the molecule is N[C@@H](CN1CC(Oc2ccc(CCB(O)O)c(O)c2C(=O)O)C1)C(=O)NO. The molecule has 148 valence electrons. The van der Waals surface area contributed by atoms with Gasteiger partial charge in [-0.05, 0) is 24.4 Å². The van der Waals surface area contributed by atoms with Crippen molar-refractivity contribution in [3.8, 4) is 11.5 Å². The van der Waals surface area contributed by atoms with Gasteiger partial charge in [0, 0.05) is 19.6 Å². The number of carboxylic acid groups (broad SMARTS) is 1. The fourth-order valence-corrected chi connectivity index (χ4v) is 2.78. The van der Waals surface area contributed by atoms with Crippen LogP contribution in [0.15, 0.2) is 12.1 Å². The molecular weight excluding hydrogens is 361 g/mol. The molecule has 0 bridgehead atoms. The number of nitrogens with one attached hydrogen (secondary N) is 1. The molecule has 0 unspecified atom stereocenters. The topological polar surface area (TPSA) is 186 Å². The number of nitrogens with two attached hydrogens (primary N) is 1. The van der Waals surface area contributed by atoms with Gasteiger partial charge in [-0.2, -0.15) is 0 Å². The minimum atomic E-state index is -1.56. The molecule has 27 heavy (non-hydrogen) atoms. The molecule has 1 aliphatic rings. The summed E-state index contributed by atoms with van der Waals surface area (Å²) in [6, 6.07) is 1.98. The Morgan fingerprint density at radius 3 is 2.59 bits per heavy atom. The summed E-state index contributed by atoms with van der Waals surface area (Å²) >= 11 is 0. The molecule has 1 aromatic rings. The molecule has 8 N–H and O–H groups in total. The number of likely N-dealkylation sites (tertiary alicyclic amines) is 1. The largest absolute Gasteiger partial charge is 0.507 e. The van der Waals surface area contributed by atoms with Gasteiger partial charge in [0.05, 0.1) is 6.04 Å². The lowest BCUT2D eigenvalue weighted by Gasteiger charge is -2.40. The van der Waals surface area contributed by atoms with Crippen molar-refractivity contribution in [1.82, 2.24) is 10.4 Å². The summed E-state index contributed by atoms with van der Waals surface area (Å²) in [7, 11) is -1.56. The first-order chi connectivity index (χ1) is 12.7. The molecule has 0 aromatic heterocycles. The number of aromatic hydroxyl groups is 1. The van der Waals surface area contributed by atoms with Gasteiger partial charge in [-0.3, -0.25) is 14.9 Å². The number of carbonyl (C=O) groups excluding carboxylic acids is 1. The van der Waals surface area contributed by atoms with Crippen LogP contribution in [0.2, 0.25) is 6.32 Å². The Bertz CT molecular complexity index is 696. The number of benzene rings is 1. The van der Waals surface area contributed by atoms with Gasteiger partial charge in [0.15, 0.2) is 0 Å². The highest BCUT2D eigenvalue weighted by molar-refractivity contribution is 6.41. The highest BCUT2D eigenvalue weighted by atomic mass is 16.5. The van der Waals surface area contributed by atoms with Crippen LogP contribution in [-0.2, 0) is 11.2 Å². The summed E-state index contributed by atoms with van der Waals surface area (Å²) in [5, 5.41) is 45.9. The molecule has 12 heteroatoms. The molecule has 0 saturated carbocycles. The van der Waals surface area contributed by atoms with Gasteiger partial charge in [0.2, 0.25) is 0 Å². The number of hydrogen-bond donors (Lipinski definition) is 7. The third-order valence-electron chi connectivity index (χ3n) is 4.23. The van der Waals surface area contributed by atoms with Crippen LogP contribution in [-0.4, -0.2) is 81.1 Å². The van der Waals surface area contributed by atoms with E-state index in [-0.39, 0.29) is 36.7 Å². The number of rotatable bonds is 9. The number of ether oxygens (including phenoxy) is 1. The zero-order valence-electron chi connectivity index (χ0n) is 14.4. The van der Waals surface area contributed by atoms with E-state index in [0.717, 1.165) is 0 Å². The van der Waals surface area contributed by atoms with Crippen molar-refractivity contribution in [3.63, 3.8) is 0 Å². The van der Waals surface area contributed by atoms with Crippen molar-refractivity contribution < 1.29 is 39.8 Å². The Hall–Kier alpha value is -2.38. The molecule has 1 amide bonds. The molecule has 1 aromatic carbocycles. The normalized spacial score (nSPS) is 15.7.